The van der Waals surface area contributed by atoms with Gasteiger partial charge in [0.25, 0.3) is 0 Å². The van der Waals surface area contributed by atoms with Crippen LogP contribution in [0.3, 0.4) is 0 Å². The van der Waals surface area contributed by atoms with Crippen LogP contribution in [0.1, 0.15) is 116 Å². The third kappa shape index (κ3) is 7.63. The van der Waals surface area contributed by atoms with Crippen LogP contribution >= 0.6 is 0 Å². The number of aldehydes is 1. The maximum atomic E-state index is 13.2. The van der Waals surface area contributed by atoms with Crippen molar-refractivity contribution in [3.8, 4) is 0 Å². The first-order valence-corrected chi connectivity index (χ1v) is 13.0. The van der Waals surface area contributed by atoms with E-state index in [1.807, 2.05) is 17.0 Å². The van der Waals surface area contributed by atoms with Crippen molar-refractivity contribution in [2.45, 2.75) is 112 Å². The van der Waals surface area contributed by atoms with E-state index in [9.17, 15) is 14.4 Å². The fraction of sp³-hybridized carbons (Fsp3) is 0.690. The van der Waals surface area contributed by atoms with Gasteiger partial charge < -0.3 is 15.3 Å². The molecular weight excluding hydrogens is 440 g/mol. The first kappa shape index (κ1) is 29.0. The molecule has 6 nitrogen and oxygen atoms in total. The van der Waals surface area contributed by atoms with Crippen LogP contribution in [0.15, 0.2) is 24.3 Å². The normalized spacial score (nSPS) is 23.7. The number of nitrogens with one attached hydrogen (secondary N) is 1. The van der Waals surface area contributed by atoms with Crippen LogP contribution < -0.4 is 5.32 Å². The van der Waals surface area contributed by atoms with Gasteiger partial charge in [-0.25, -0.2) is 0 Å². The van der Waals surface area contributed by atoms with Gasteiger partial charge in [-0.2, -0.15) is 0 Å². The maximum Gasteiger partial charge on any atom is 0.314 e. The Morgan fingerprint density at radius 2 is 1.57 bits per heavy atom. The molecule has 1 heterocycles. The number of hydrogen-bond donors (Lipinski definition) is 2. The molecule has 2 aliphatic rings. The summed E-state index contributed by atoms with van der Waals surface area (Å²) < 4.78 is 0. The zero-order valence-electron chi connectivity index (χ0n) is 23.0. The van der Waals surface area contributed by atoms with E-state index in [1.165, 1.54) is 0 Å². The monoisotopic (exact) mass is 486 g/mol. The second kappa shape index (κ2) is 11.2. The predicted molar refractivity (Wildman–Crippen MR) is 140 cm³/mol. The van der Waals surface area contributed by atoms with Crippen molar-refractivity contribution in [2.75, 3.05) is 0 Å². The number of carbonyl (C=O) groups is 3. The first-order chi connectivity index (χ1) is 16.1. The highest BCUT2D eigenvalue weighted by Gasteiger charge is 2.54. The summed E-state index contributed by atoms with van der Waals surface area (Å²) in [6, 6.07) is 7.26. The van der Waals surface area contributed by atoms with Crippen molar-refractivity contribution in [2.24, 2.45) is 16.7 Å². The van der Waals surface area contributed by atoms with Crippen molar-refractivity contribution in [3.05, 3.63) is 35.4 Å². The molecule has 1 saturated heterocycles. The van der Waals surface area contributed by atoms with Crippen LogP contribution in [0.4, 0.5) is 0 Å². The molecule has 3 rings (SSSR count). The van der Waals surface area contributed by atoms with Gasteiger partial charge in [-0.1, -0.05) is 65.8 Å². The molecule has 2 amide bonds. The largest absolute Gasteiger partial charge is 0.394 e. The standard InChI is InChI=1S/C26H38N2O3.C3H8O/c1-24(2,3)14-13-21(19-9-7-18(17-29)8-10-19)28-23(31)22(30)27-26(28)15-11-20(12-16-26)25(4,5)6;1-3(2)4/h7-10,17,20-21H,11-16H2,1-6H3,(H,27,30);3-4H,1-2H3. The van der Waals surface area contributed by atoms with Crippen LogP contribution in [-0.2, 0) is 9.59 Å². The molecule has 1 spiro atoms. The molecule has 6 heteroatoms. The average molecular weight is 487 g/mol. The highest BCUT2D eigenvalue weighted by Crippen LogP contribution is 2.47. The van der Waals surface area contributed by atoms with E-state index in [0.29, 0.717) is 11.5 Å². The predicted octanol–water partition coefficient (Wildman–Crippen LogP) is 5.64. The molecule has 0 aromatic heterocycles. The van der Waals surface area contributed by atoms with Crippen LogP contribution in [-0.4, -0.2) is 39.9 Å². The van der Waals surface area contributed by atoms with Crippen LogP contribution in [0, 0.1) is 16.7 Å². The number of benzene rings is 1. The summed E-state index contributed by atoms with van der Waals surface area (Å²) in [4.78, 5) is 38.8. The molecule has 196 valence electrons. The van der Waals surface area contributed by atoms with Gasteiger partial charge in [0.2, 0.25) is 0 Å². The lowest BCUT2D eigenvalue weighted by molar-refractivity contribution is -0.144. The summed E-state index contributed by atoms with van der Waals surface area (Å²) in [5.74, 6) is -0.334. The topological polar surface area (TPSA) is 86.7 Å². The Morgan fingerprint density at radius 3 is 2.00 bits per heavy atom. The summed E-state index contributed by atoms with van der Waals surface area (Å²) in [6.45, 7) is 16.8. The molecule has 1 aromatic carbocycles. The van der Waals surface area contributed by atoms with E-state index >= 15 is 0 Å². The lowest BCUT2D eigenvalue weighted by Gasteiger charge is -2.48. The fourth-order valence-corrected chi connectivity index (χ4v) is 5.21. The third-order valence-corrected chi connectivity index (χ3v) is 7.19. The molecular formula is C29H46N2O4. The molecule has 0 radical (unpaired) electrons. The fourth-order valence-electron chi connectivity index (χ4n) is 5.21. The highest BCUT2D eigenvalue weighted by atomic mass is 16.3. The Balaban J connectivity index is 0.00000100. The number of rotatable bonds is 5. The van der Waals surface area contributed by atoms with Crippen LogP contribution in [0.2, 0.25) is 0 Å². The van der Waals surface area contributed by atoms with Gasteiger partial charge in [-0.15, -0.1) is 0 Å². The first-order valence-electron chi connectivity index (χ1n) is 13.0. The molecule has 35 heavy (non-hydrogen) atoms. The molecule has 1 atom stereocenters. The van der Waals surface area contributed by atoms with Gasteiger partial charge in [0.1, 0.15) is 11.9 Å². The van der Waals surface area contributed by atoms with E-state index in [1.54, 1.807) is 26.0 Å². The lowest BCUT2D eigenvalue weighted by Crippen LogP contribution is -2.56. The molecule has 0 bridgehead atoms. The van der Waals surface area contributed by atoms with E-state index in [0.717, 1.165) is 50.4 Å². The number of carbonyl (C=O) groups excluding carboxylic acids is 3. The number of nitrogens with zero attached hydrogens (tertiary/aromatic N) is 1. The average Bonchev–Trinajstić information content (AvgIpc) is 2.97. The molecule has 1 unspecified atom stereocenters. The van der Waals surface area contributed by atoms with Gasteiger partial charge in [-0.3, -0.25) is 14.4 Å². The van der Waals surface area contributed by atoms with Gasteiger partial charge in [0.15, 0.2) is 0 Å². The van der Waals surface area contributed by atoms with Gasteiger partial charge in [-0.05, 0) is 74.7 Å². The number of aliphatic hydroxyl groups excluding tert-OH is 1. The van der Waals surface area contributed by atoms with Gasteiger partial charge in [0, 0.05) is 11.7 Å². The summed E-state index contributed by atoms with van der Waals surface area (Å²) >= 11 is 0. The molecule has 1 aliphatic heterocycles. The minimum Gasteiger partial charge on any atom is -0.394 e. The van der Waals surface area contributed by atoms with E-state index in [4.69, 9.17) is 5.11 Å². The molecule has 2 N–H and O–H groups in total. The SMILES string of the molecule is CC(C)(C)CCC(c1ccc(C=O)cc1)N1C(=O)C(=O)NC12CCC(C(C)(C)C)CC2.CC(C)O. The molecule has 1 aliphatic carbocycles. The summed E-state index contributed by atoms with van der Waals surface area (Å²) in [5.41, 5.74) is 1.31. The Hall–Kier alpha value is -2.21. The molecule has 1 saturated carbocycles. The van der Waals surface area contributed by atoms with Crippen molar-refractivity contribution in [1.82, 2.24) is 10.2 Å². The van der Waals surface area contributed by atoms with E-state index in [2.05, 4.69) is 46.9 Å². The van der Waals surface area contributed by atoms with Crippen molar-refractivity contribution < 1.29 is 19.5 Å². The number of hydrogen-bond acceptors (Lipinski definition) is 4. The number of aliphatic hydroxyl groups is 1. The van der Waals surface area contributed by atoms with E-state index < -0.39 is 17.5 Å². The minimum absolute atomic E-state index is 0.109. The Morgan fingerprint density at radius 1 is 1.06 bits per heavy atom. The third-order valence-electron chi connectivity index (χ3n) is 7.19. The summed E-state index contributed by atoms with van der Waals surface area (Å²) in [7, 11) is 0. The minimum atomic E-state index is -0.609. The Kier molecular flexibility index (Phi) is 9.32. The second-order valence-electron chi connectivity index (χ2n) is 12.8. The van der Waals surface area contributed by atoms with E-state index in [-0.39, 0.29) is 23.0 Å². The summed E-state index contributed by atoms with van der Waals surface area (Å²) in [5, 5.41) is 11.1. The van der Waals surface area contributed by atoms with Crippen LogP contribution in [0.25, 0.3) is 0 Å². The Labute approximate surface area is 211 Å². The Bertz CT molecular complexity index is 867. The zero-order valence-corrected chi connectivity index (χ0v) is 23.0. The smallest absolute Gasteiger partial charge is 0.314 e. The van der Waals surface area contributed by atoms with Gasteiger partial charge in [0.05, 0.1) is 6.04 Å². The van der Waals surface area contributed by atoms with Crippen molar-refractivity contribution >= 4 is 18.1 Å². The van der Waals surface area contributed by atoms with Crippen molar-refractivity contribution in [3.63, 3.8) is 0 Å². The quantitative estimate of drug-likeness (QED) is 0.416. The summed E-state index contributed by atoms with van der Waals surface area (Å²) in [6.07, 6.45) is 5.90. The maximum absolute atomic E-state index is 13.2. The molecule has 1 aromatic rings. The van der Waals surface area contributed by atoms with Crippen molar-refractivity contribution in [1.29, 1.82) is 0 Å². The second-order valence-corrected chi connectivity index (χ2v) is 12.8. The highest BCUT2D eigenvalue weighted by molar-refractivity contribution is 6.37. The number of amides is 2. The van der Waals surface area contributed by atoms with Crippen LogP contribution in [0.5, 0.6) is 0 Å². The van der Waals surface area contributed by atoms with Gasteiger partial charge >= 0.3 is 11.8 Å². The lowest BCUT2D eigenvalue weighted by atomic mass is 9.69. The molecule has 2 fully saturated rings. The zero-order chi connectivity index (χ0) is 26.6.